The Labute approximate surface area is 175 Å². The lowest BCUT2D eigenvalue weighted by Gasteiger charge is -2.35. The van der Waals surface area contributed by atoms with Gasteiger partial charge in [-0.3, -0.25) is 9.59 Å². The van der Waals surface area contributed by atoms with Crippen molar-refractivity contribution in [2.75, 3.05) is 6.54 Å². The summed E-state index contributed by atoms with van der Waals surface area (Å²) in [6.07, 6.45) is 1.49. The zero-order valence-electron chi connectivity index (χ0n) is 15.6. The van der Waals surface area contributed by atoms with Crippen LogP contribution in [0.2, 0.25) is 0 Å². The lowest BCUT2D eigenvalue weighted by molar-refractivity contribution is -0.133. The molecule has 1 atom stereocenters. The van der Waals surface area contributed by atoms with Crippen LogP contribution < -0.4 is 5.56 Å². The SMILES string of the molecule is O=C(CCc1nc2ccccc2[nH]c1=O)N1CCc2sccc2[C@H]1c1cccs1. The maximum atomic E-state index is 13.2. The van der Waals surface area contributed by atoms with E-state index in [4.69, 9.17) is 0 Å². The highest BCUT2D eigenvalue weighted by Crippen LogP contribution is 2.39. The predicted molar refractivity (Wildman–Crippen MR) is 117 cm³/mol. The summed E-state index contributed by atoms with van der Waals surface area (Å²) in [5, 5.41) is 4.16. The van der Waals surface area contributed by atoms with E-state index >= 15 is 0 Å². The van der Waals surface area contributed by atoms with Crippen molar-refractivity contribution in [1.82, 2.24) is 14.9 Å². The van der Waals surface area contributed by atoms with Crippen molar-refractivity contribution in [3.63, 3.8) is 0 Å². The number of fused-ring (bicyclic) bond motifs is 2. The van der Waals surface area contributed by atoms with Gasteiger partial charge in [0.05, 0.1) is 17.1 Å². The molecule has 0 aliphatic carbocycles. The number of para-hydroxylation sites is 2. The van der Waals surface area contributed by atoms with Gasteiger partial charge >= 0.3 is 0 Å². The first-order valence-electron chi connectivity index (χ1n) is 9.58. The van der Waals surface area contributed by atoms with Crippen molar-refractivity contribution < 1.29 is 4.79 Å². The molecule has 7 heteroatoms. The number of aryl methyl sites for hydroxylation is 1. The molecule has 1 aliphatic heterocycles. The fourth-order valence-electron chi connectivity index (χ4n) is 3.94. The summed E-state index contributed by atoms with van der Waals surface area (Å²) in [6.45, 7) is 0.705. The number of carbonyl (C=O) groups is 1. The number of nitrogens with zero attached hydrogens (tertiary/aromatic N) is 2. The molecule has 4 heterocycles. The van der Waals surface area contributed by atoms with E-state index in [1.54, 1.807) is 22.7 Å². The average Bonchev–Trinajstić information content (AvgIpc) is 3.43. The van der Waals surface area contributed by atoms with Crippen molar-refractivity contribution in [1.29, 1.82) is 0 Å². The first-order valence-corrected chi connectivity index (χ1v) is 11.3. The largest absolute Gasteiger partial charge is 0.330 e. The van der Waals surface area contributed by atoms with Gasteiger partial charge in [-0.15, -0.1) is 22.7 Å². The van der Waals surface area contributed by atoms with Crippen LogP contribution in [0.1, 0.15) is 33.5 Å². The molecule has 29 heavy (non-hydrogen) atoms. The van der Waals surface area contributed by atoms with Crippen LogP contribution in [0.15, 0.2) is 58.0 Å². The second-order valence-electron chi connectivity index (χ2n) is 7.08. The van der Waals surface area contributed by atoms with Gasteiger partial charge in [0.2, 0.25) is 5.91 Å². The number of amides is 1. The number of hydrogen-bond acceptors (Lipinski definition) is 5. The molecule has 1 N–H and O–H groups in total. The van der Waals surface area contributed by atoms with Crippen molar-refractivity contribution in [2.45, 2.75) is 25.3 Å². The molecule has 0 spiro atoms. The van der Waals surface area contributed by atoms with E-state index in [9.17, 15) is 9.59 Å². The molecule has 0 unspecified atom stereocenters. The van der Waals surface area contributed by atoms with Gasteiger partial charge in [0.25, 0.3) is 5.56 Å². The van der Waals surface area contributed by atoms with Gasteiger partial charge in [0.1, 0.15) is 5.69 Å². The Morgan fingerprint density at radius 1 is 1.14 bits per heavy atom. The second-order valence-corrected chi connectivity index (χ2v) is 9.06. The highest BCUT2D eigenvalue weighted by atomic mass is 32.1. The Bertz CT molecular complexity index is 1230. The van der Waals surface area contributed by atoms with E-state index < -0.39 is 0 Å². The van der Waals surface area contributed by atoms with Crippen molar-refractivity contribution in [3.8, 4) is 0 Å². The van der Waals surface area contributed by atoms with Crippen LogP contribution >= 0.6 is 22.7 Å². The van der Waals surface area contributed by atoms with Crippen LogP contribution in [-0.4, -0.2) is 27.3 Å². The number of carbonyl (C=O) groups excluding carboxylic acids is 1. The number of aromatic amines is 1. The molecule has 4 aromatic rings. The fraction of sp³-hybridized carbons (Fsp3) is 0.227. The fourth-order valence-corrected chi connectivity index (χ4v) is 5.70. The van der Waals surface area contributed by atoms with Crippen molar-refractivity contribution in [3.05, 3.63) is 84.6 Å². The summed E-state index contributed by atoms with van der Waals surface area (Å²) in [4.78, 5) is 37.4. The maximum absolute atomic E-state index is 13.2. The topological polar surface area (TPSA) is 66.1 Å². The molecule has 3 aromatic heterocycles. The summed E-state index contributed by atoms with van der Waals surface area (Å²) >= 11 is 3.44. The minimum Gasteiger partial charge on any atom is -0.330 e. The van der Waals surface area contributed by atoms with Crippen molar-refractivity contribution in [2.24, 2.45) is 0 Å². The number of nitrogens with one attached hydrogen (secondary N) is 1. The third kappa shape index (κ3) is 3.41. The summed E-state index contributed by atoms with van der Waals surface area (Å²) in [5.74, 6) is 0.0645. The molecular formula is C22H19N3O2S2. The Hall–Kier alpha value is -2.77. The van der Waals surface area contributed by atoms with Gasteiger partial charge in [-0.1, -0.05) is 18.2 Å². The molecule has 146 valence electrons. The van der Waals surface area contributed by atoms with Crippen LogP contribution in [0.25, 0.3) is 11.0 Å². The lowest BCUT2D eigenvalue weighted by atomic mass is 9.98. The Morgan fingerprint density at radius 3 is 2.90 bits per heavy atom. The maximum Gasteiger partial charge on any atom is 0.270 e. The third-order valence-corrected chi connectivity index (χ3v) is 7.27. The van der Waals surface area contributed by atoms with Crippen LogP contribution in [0.4, 0.5) is 0 Å². The molecule has 0 radical (unpaired) electrons. The van der Waals surface area contributed by atoms with E-state index in [1.807, 2.05) is 35.2 Å². The number of H-pyrrole nitrogens is 1. The number of hydrogen-bond donors (Lipinski definition) is 1. The standard InChI is InChI=1S/C22H19N3O2S2/c26-20(8-7-17-22(27)24-16-5-2-1-4-15(16)23-17)25-11-9-18-14(10-13-29-18)21(25)19-6-3-12-28-19/h1-6,10,12-13,21H,7-9,11H2,(H,24,27)/t21-/m0/s1. The van der Waals surface area contributed by atoms with Crippen LogP contribution in [-0.2, 0) is 17.6 Å². The lowest BCUT2D eigenvalue weighted by Crippen LogP contribution is -2.40. The predicted octanol–water partition coefficient (Wildman–Crippen LogP) is 4.15. The molecule has 1 amide bonds. The Balaban J connectivity index is 1.39. The molecule has 1 aliphatic rings. The number of benzene rings is 1. The molecule has 5 nitrogen and oxygen atoms in total. The summed E-state index contributed by atoms with van der Waals surface area (Å²) in [7, 11) is 0. The van der Waals surface area contributed by atoms with E-state index in [0.717, 1.165) is 11.9 Å². The second kappa shape index (κ2) is 7.57. The van der Waals surface area contributed by atoms with E-state index in [1.165, 1.54) is 15.3 Å². The molecule has 5 rings (SSSR count). The highest BCUT2D eigenvalue weighted by Gasteiger charge is 2.33. The van der Waals surface area contributed by atoms with E-state index in [-0.39, 0.29) is 23.9 Å². The minimum absolute atomic E-state index is 0.0275. The number of rotatable bonds is 4. The Morgan fingerprint density at radius 2 is 2.03 bits per heavy atom. The van der Waals surface area contributed by atoms with E-state index in [0.29, 0.717) is 24.2 Å². The van der Waals surface area contributed by atoms with E-state index in [2.05, 4.69) is 32.9 Å². The van der Waals surface area contributed by atoms with Gasteiger partial charge in [0.15, 0.2) is 0 Å². The summed E-state index contributed by atoms with van der Waals surface area (Å²) in [6, 6.07) is 13.7. The minimum atomic E-state index is -0.218. The quantitative estimate of drug-likeness (QED) is 0.538. The third-order valence-electron chi connectivity index (χ3n) is 5.34. The number of thiophene rings is 2. The van der Waals surface area contributed by atoms with Gasteiger partial charge in [0, 0.05) is 29.1 Å². The molecule has 0 fully saturated rings. The molecule has 1 aromatic carbocycles. The highest BCUT2D eigenvalue weighted by molar-refractivity contribution is 7.10. The normalized spacial score (nSPS) is 16.1. The molecule has 0 saturated heterocycles. The van der Waals surface area contributed by atoms with Gasteiger partial charge in [-0.2, -0.15) is 0 Å². The zero-order chi connectivity index (χ0) is 19.8. The zero-order valence-corrected chi connectivity index (χ0v) is 17.3. The Kier molecular flexibility index (Phi) is 4.77. The van der Waals surface area contributed by atoms with Crippen LogP contribution in [0.5, 0.6) is 0 Å². The molecule has 0 bridgehead atoms. The average molecular weight is 422 g/mol. The van der Waals surface area contributed by atoms with Crippen LogP contribution in [0, 0.1) is 0 Å². The van der Waals surface area contributed by atoms with Crippen LogP contribution in [0.3, 0.4) is 0 Å². The summed E-state index contributed by atoms with van der Waals surface area (Å²) in [5.41, 5.74) is 2.89. The van der Waals surface area contributed by atoms with Gasteiger partial charge in [-0.05, 0) is 47.0 Å². The molecular weight excluding hydrogens is 402 g/mol. The number of aromatic nitrogens is 2. The summed E-state index contributed by atoms with van der Waals surface area (Å²) < 4.78 is 0. The van der Waals surface area contributed by atoms with Crippen molar-refractivity contribution >= 4 is 39.6 Å². The first-order chi connectivity index (χ1) is 14.2. The van der Waals surface area contributed by atoms with Gasteiger partial charge < -0.3 is 9.88 Å². The molecule has 0 saturated carbocycles. The monoisotopic (exact) mass is 421 g/mol. The first kappa shape index (κ1) is 18.3. The van der Waals surface area contributed by atoms with Gasteiger partial charge in [-0.25, -0.2) is 4.98 Å². The smallest absolute Gasteiger partial charge is 0.270 e.